The molecule has 0 bridgehead atoms. The lowest BCUT2D eigenvalue weighted by atomic mass is 9.92. The maximum Gasteiger partial charge on any atom is 0.223 e. The van der Waals surface area contributed by atoms with E-state index in [0.29, 0.717) is 53.4 Å². The Labute approximate surface area is 198 Å². The van der Waals surface area contributed by atoms with Gasteiger partial charge in [0.15, 0.2) is 5.82 Å². The predicted molar refractivity (Wildman–Crippen MR) is 123 cm³/mol. The van der Waals surface area contributed by atoms with Gasteiger partial charge >= 0.3 is 0 Å². The summed E-state index contributed by atoms with van der Waals surface area (Å²) in [5, 5.41) is 3.41. The maximum atomic E-state index is 10.8. The van der Waals surface area contributed by atoms with E-state index in [1.54, 1.807) is 13.0 Å². The molecule has 0 aromatic carbocycles. The Balaban J connectivity index is 1.71. The van der Waals surface area contributed by atoms with Crippen molar-refractivity contribution in [3.63, 3.8) is 0 Å². The second-order valence-corrected chi connectivity index (χ2v) is 8.59. The van der Waals surface area contributed by atoms with Gasteiger partial charge in [0.2, 0.25) is 5.95 Å². The number of nitrogen functional groups attached to an aromatic ring is 1. The van der Waals surface area contributed by atoms with E-state index < -0.39 is 11.3 Å². The van der Waals surface area contributed by atoms with Crippen LogP contribution in [-0.4, -0.2) is 46.9 Å². The van der Waals surface area contributed by atoms with Crippen LogP contribution in [0.1, 0.15) is 35.7 Å². The summed E-state index contributed by atoms with van der Waals surface area (Å²) in [6.07, 6.45) is 5.17. The molecule has 1 aliphatic heterocycles. The number of nitrogens with zero attached hydrogens (tertiary/aromatic N) is 5. The number of halogens is 1. The van der Waals surface area contributed by atoms with Crippen molar-refractivity contribution in [2.24, 2.45) is 0 Å². The van der Waals surface area contributed by atoms with Crippen LogP contribution in [0.5, 0.6) is 0 Å². The zero-order chi connectivity index (χ0) is 23.4. The van der Waals surface area contributed by atoms with Crippen molar-refractivity contribution >= 4 is 40.3 Å². The first-order valence-corrected chi connectivity index (χ1v) is 11.6. The molecule has 13 heteroatoms. The Hall–Kier alpha value is -2.77. The first kappa shape index (κ1) is 23.4. The standard InChI is InChI=1S/C20H23ClN8O3S/c1-11-26-19(29-20(22)27-11)16-7-13(12-2-4-32-5-3-12)8-24-18(16)28-15-6-14(9-25-33(30)31)17(21)23-10-15/h6-8,10,12,25H,2-5,9H2,1H3,(H,24,28)(H,30,31)(H2,22,26,27,29)/p-1. The van der Waals surface area contributed by atoms with Gasteiger partial charge in [0, 0.05) is 42.8 Å². The molecule has 4 rings (SSSR count). The van der Waals surface area contributed by atoms with E-state index in [1.807, 2.05) is 12.3 Å². The Morgan fingerprint density at radius 3 is 2.73 bits per heavy atom. The molecule has 4 heterocycles. The lowest BCUT2D eigenvalue weighted by Crippen LogP contribution is -2.16. The minimum atomic E-state index is -2.42. The molecule has 0 spiro atoms. The van der Waals surface area contributed by atoms with E-state index in [4.69, 9.17) is 22.1 Å². The van der Waals surface area contributed by atoms with Gasteiger partial charge in [-0.05, 0) is 43.4 Å². The van der Waals surface area contributed by atoms with Crippen LogP contribution in [0.4, 0.5) is 17.5 Å². The highest BCUT2D eigenvalue weighted by Gasteiger charge is 2.20. The summed E-state index contributed by atoms with van der Waals surface area (Å²) in [7, 11) is 0. The number of nitrogens with one attached hydrogen (secondary N) is 2. The second kappa shape index (κ2) is 10.4. The molecule has 1 aliphatic rings. The van der Waals surface area contributed by atoms with Gasteiger partial charge in [-0.25, -0.2) is 19.7 Å². The summed E-state index contributed by atoms with van der Waals surface area (Å²) in [4.78, 5) is 21.6. The zero-order valence-electron chi connectivity index (χ0n) is 17.7. The molecule has 174 valence electrons. The molecule has 0 amide bonds. The van der Waals surface area contributed by atoms with Crippen molar-refractivity contribution in [1.82, 2.24) is 29.6 Å². The normalized spacial score (nSPS) is 15.4. The molecule has 1 unspecified atom stereocenters. The molecule has 0 radical (unpaired) electrons. The van der Waals surface area contributed by atoms with Gasteiger partial charge in [-0.2, -0.15) is 9.97 Å². The van der Waals surface area contributed by atoms with Crippen molar-refractivity contribution in [1.29, 1.82) is 0 Å². The van der Waals surface area contributed by atoms with E-state index in [9.17, 15) is 8.76 Å². The zero-order valence-corrected chi connectivity index (χ0v) is 19.3. The van der Waals surface area contributed by atoms with Gasteiger partial charge in [0.05, 0.1) is 17.4 Å². The second-order valence-electron chi connectivity index (χ2n) is 7.47. The lowest BCUT2D eigenvalue weighted by molar-refractivity contribution is 0.0853. The summed E-state index contributed by atoms with van der Waals surface area (Å²) in [6.45, 7) is 3.16. The number of nitrogens with two attached hydrogens (primary N) is 1. The first-order valence-electron chi connectivity index (χ1n) is 10.2. The third-order valence-corrected chi connectivity index (χ3v) is 5.88. The molecule has 1 fully saturated rings. The average molecular weight is 490 g/mol. The Morgan fingerprint density at radius 1 is 1.21 bits per heavy atom. The molecule has 1 atom stereocenters. The highest BCUT2D eigenvalue weighted by atomic mass is 35.5. The van der Waals surface area contributed by atoms with E-state index in [-0.39, 0.29) is 17.6 Å². The first-order chi connectivity index (χ1) is 15.9. The Morgan fingerprint density at radius 2 is 2.00 bits per heavy atom. The number of rotatable bonds is 7. The smallest absolute Gasteiger partial charge is 0.223 e. The Bertz CT molecular complexity index is 1160. The van der Waals surface area contributed by atoms with Crippen LogP contribution in [-0.2, 0) is 22.5 Å². The van der Waals surface area contributed by atoms with Crippen molar-refractivity contribution < 1.29 is 13.5 Å². The Kier molecular flexibility index (Phi) is 7.40. The highest BCUT2D eigenvalue weighted by Crippen LogP contribution is 2.33. The van der Waals surface area contributed by atoms with E-state index in [2.05, 4.69) is 35.0 Å². The van der Waals surface area contributed by atoms with Crippen LogP contribution in [0.15, 0.2) is 24.5 Å². The summed E-state index contributed by atoms with van der Waals surface area (Å²) >= 11 is 3.69. The third-order valence-electron chi connectivity index (χ3n) is 5.16. The monoisotopic (exact) mass is 489 g/mol. The summed E-state index contributed by atoms with van der Waals surface area (Å²) < 4.78 is 29.4. The summed E-state index contributed by atoms with van der Waals surface area (Å²) in [5.41, 5.74) is 8.67. The van der Waals surface area contributed by atoms with Crippen LogP contribution >= 0.6 is 11.6 Å². The third kappa shape index (κ3) is 5.97. The molecule has 11 nitrogen and oxygen atoms in total. The summed E-state index contributed by atoms with van der Waals surface area (Å²) in [5.74, 6) is 1.82. The van der Waals surface area contributed by atoms with E-state index in [0.717, 1.165) is 18.4 Å². The fourth-order valence-corrected chi connectivity index (χ4v) is 4.03. The van der Waals surface area contributed by atoms with Gasteiger partial charge in [0.25, 0.3) is 0 Å². The molecule has 4 N–H and O–H groups in total. The van der Waals surface area contributed by atoms with E-state index >= 15 is 0 Å². The van der Waals surface area contributed by atoms with Crippen molar-refractivity contribution in [3.8, 4) is 11.4 Å². The number of hydrogen-bond acceptors (Lipinski definition) is 10. The molecule has 1 saturated heterocycles. The molecule has 3 aromatic heterocycles. The summed E-state index contributed by atoms with van der Waals surface area (Å²) in [6, 6.07) is 3.70. The number of aryl methyl sites for hydroxylation is 1. The van der Waals surface area contributed by atoms with E-state index in [1.165, 1.54) is 6.20 Å². The van der Waals surface area contributed by atoms with Crippen LogP contribution in [0.25, 0.3) is 11.4 Å². The minimum Gasteiger partial charge on any atom is -0.760 e. The minimum absolute atomic E-state index is 0.00360. The molecule has 33 heavy (non-hydrogen) atoms. The van der Waals surface area contributed by atoms with Gasteiger partial charge in [0.1, 0.15) is 16.8 Å². The number of hydrogen-bond donors (Lipinski definition) is 3. The van der Waals surface area contributed by atoms with Crippen LogP contribution in [0.3, 0.4) is 0 Å². The maximum absolute atomic E-state index is 10.8. The van der Waals surface area contributed by atoms with Crippen LogP contribution in [0, 0.1) is 6.92 Å². The molecule has 0 aliphatic carbocycles. The molecular weight excluding hydrogens is 468 g/mol. The number of aromatic nitrogens is 5. The fourth-order valence-electron chi connectivity index (χ4n) is 3.59. The van der Waals surface area contributed by atoms with Crippen molar-refractivity contribution in [3.05, 3.63) is 46.6 Å². The number of pyridine rings is 2. The van der Waals surface area contributed by atoms with Crippen molar-refractivity contribution in [2.45, 2.75) is 32.2 Å². The SMILES string of the molecule is Cc1nc(N)nc(-c2cc(C3CCOCC3)cnc2Nc2cnc(Cl)c(CNS(=O)[O-])c2)n1. The van der Waals surface area contributed by atoms with Crippen LogP contribution in [0.2, 0.25) is 5.15 Å². The molecule has 0 saturated carbocycles. The van der Waals surface area contributed by atoms with Crippen LogP contribution < -0.4 is 15.8 Å². The van der Waals surface area contributed by atoms with Gasteiger partial charge < -0.3 is 20.3 Å². The topological polar surface area (TPSA) is 164 Å². The quantitative estimate of drug-likeness (QED) is 0.331. The highest BCUT2D eigenvalue weighted by molar-refractivity contribution is 7.77. The molecular formula is C20H22ClN8O3S-. The number of ether oxygens (including phenoxy) is 1. The van der Waals surface area contributed by atoms with Gasteiger partial charge in [-0.1, -0.05) is 11.6 Å². The van der Waals surface area contributed by atoms with Crippen molar-refractivity contribution in [2.75, 3.05) is 24.3 Å². The fraction of sp³-hybridized carbons (Fsp3) is 0.350. The van der Waals surface area contributed by atoms with Gasteiger partial charge in [-0.15, -0.1) is 0 Å². The largest absolute Gasteiger partial charge is 0.760 e. The average Bonchev–Trinajstić information content (AvgIpc) is 2.79. The number of anilines is 3. The van der Waals surface area contributed by atoms with Gasteiger partial charge in [-0.3, -0.25) is 4.21 Å². The predicted octanol–water partition coefficient (Wildman–Crippen LogP) is 2.39. The lowest BCUT2D eigenvalue weighted by Gasteiger charge is -2.23. The molecule has 3 aromatic rings.